The number of ketones is 3. The molecule has 3 aromatic rings. The molecule has 2 aromatic carbocycles. The highest BCUT2D eigenvalue weighted by Gasteiger charge is 2.60. The Morgan fingerprint density at radius 1 is 1.05 bits per heavy atom. The van der Waals surface area contributed by atoms with Gasteiger partial charge in [0.25, 0.3) is 0 Å². The van der Waals surface area contributed by atoms with Crippen molar-refractivity contribution in [3.63, 3.8) is 0 Å². The Kier molecular flexibility index (Phi) is 7.18. The summed E-state index contributed by atoms with van der Waals surface area (Å²) < 4.78 is 13.3. The predicted octanol–water partition coefficient (Wildman–Crippen LogP) is 4.49. The van der Waals surface area contributed by atoms with Gasteiger partial charge in [0.05, 0.1) is 35.0 Å². The smallest absolute Gasteiger partial charge is 0.187 e. The molecule has 5 N–H and O–H groups in total. The molecule has 0 aliphatic heterocycles. The number of rotatable bonds is 5. The Labute approximate surface area is 255 Å². The van der Waals surface area contributed by atoms with Crippen molar-refractivity contribution in [2.45, 2.75) is 31.9 Å². The van der Waals surface area contributed by atoms with Crippen molar-refractivity contribution in [3.8, 4) is 17.0 Å². The Hall–Kier alpha value is -4.39. The molecule has 44 heavy (non-hydrogen) atoms. The number of halogens is 1. The molecular weight excluding hydrogens is 589 g/mol. The lowest BCUT2D eigenvalue weighted by Gasteiger charge is -2.50. The lowest BCUT2D eigenvalue weighted by molar-refractivity contribution is -0.143. The van der Waals surface area contributed by atoms with Crippen LogP contribution in [0.3, 0.4) is 0 Å². The Balaban J connectivity index is 1.41. The van der Waals surface area contributed by atoms with Crippen molar-refractivity contribution in [1.29, 1.82) is 0 Å². The number of carbonyl (C=O) groups is 3. The van der Waals surface area contributed by atoms with E-state index >= 15 is 0 Å². The van der Waals surface area contributed by atoms with E-state index in [1.807, 2.05) is 0 Å². The van der Waals surface area contributed by atoms with Gasteiger partial charge in [-0.05, 0) is 62.8 Å². The van der Waals surface area contributed by atoms with E-state index in [2.05, 4.69) is 10.3 Å². The number of aliphatic hydroxyl groups excluding tert-OH is 3. The minimum atomic E-state index is -1.52. The van der Waals surface area contributed by atoms with Crippen LogP contribution in [-0.4, -0.2) is 73.9 Å². The molecule has 0 amide bonds. The molecule has 1 heterocycles. The van der Waals surface area contributed by atoms with E-state index in [4.69, 9.17) is 0 Å². The quantitative estimate of drug-likeness (QED) is 0.156. The van der Waals surface area contributed by atoms with Gasteiger partial charge in [-0.2, -0.15) is 0 Å². The molecule has 3 aliphatic carbocycles. The average Bonchev–Trinajstić information content (AvgIpc) is 3.42. The molecular formula is C32H30FN3O7S. The van der Waals surface area contributed by atoms with Crippen molar-refractivity contribution in [2.24, 2.45) is 17.8 Å². The number of phenols is 1. The van der Waals surface area contributed by atoms with Crippen LogP contribution in [0.1, 0.15) is 30.9 Å². The van der Waals surface area contributed by atoms with Crippen LogP contribution < -0.4 is 5.32 Å². The highest BCUT2D eigenvalue weighted by atomic mass is 32.1. The zero-order valence-corrected chi connectivity index (χ0v) is 25.0. The van der Waals surface area contributed by atoms with Crippen LogP contribution in [-0.2, 0) is 14.4 Å². The summed E-state index contributed by atoms with van der Waals surface area (Å²) in [4.78, 5) is 46.0. The summed E-state index contributed by atoms with van der Waals surface area (Å²) in [6.45, 7) is 2.87. The monoisotopic (exact) mass is 619 g/mol. The zero-order valence-electron chi connectivity index (χ0n) is 24.2. The van der Waals surface area contributed by atoms with Crippen LogP contribution in [0.25, 0.3) is 17.0 Å². The summed E-state index contributed by atoms with van der Waals surface area (Å²) in [5, 5.41) is 50.8. The van der Waals surface area contributed by atoms with E-state index in [9.17, 15) is 39.2 Å². The Bertz CT molecular complexity index is 1800. The molecule has 0 radical (unpaired) electrons. The molecule has 3 aliphatic rings. The van der Waals surface area contributed by atoms with Gasteiger partial charge in [-0.15, -0.1) is 11.3 Å². The predicted molar refractivity (Wildman–Crippen MR) is 161 cm³/mol. The number of phenolic OH excluding ortho intramolecular Hbond substituents is 1. The van der Waals surface area contributed by atoms with E-state index in [0.717, 1.165) is 6.92 Å². The SMILES string of the molecule is CC(=O)C1=C(O)C(N(C)C)C2C(C1=O)C(=O)C1=C(O)c3c(ccc(Nc4nc(-c5ccc(F)cc5)cs4)c3O)C(C)C1C2O. The largest absolute Gasteiger partial charge is 0.510 e. The minimum absolute atomic E-state index is 0.0133. The summed E-state index contributed by atoms with van der Waals surface area (Å²) in [5.41, 5.74) is 1.25. The van der Waals surface area contributed by atoms with Gasteiger partial charge in [0.2, 0.25) is 0 Å². The molecule has 1 fully saturated rings. The van der Waals surface area contributed by atoms with Crippen LogP contribution >= 0.6 is 11.3 Å². The number of benzene rings is 2. The first-order valence-electron chi connectivity index (χ1n) is 14.0. The molecule has 6 rings (SSSR count). The number of Topliss-reactive ketones (excluding diaryl/α,β-unsaturated/α-hetero) is 3. The fraction of sp³-hybridized carbons (Fsp3) is 0.312. The highest BCUT2D eigenvalue weighted by molar-refractivity contribution is 7.14. The Morgan fingerprint density at radius 2 is 1.73 bits per heavy atom. The van der Waals surface area contributed by atoms with Gasteiger partial charge in [-0.1, -0.05) is 13.0 Å². The van der Waals surface area contributed by atoms with Crippen molar-refractivity contribution in [3.05, 3.63) is 75.6 Å². The first-order valence-corrected chi connectivity index (χ1v) is 14.9. The van der Waals surface area contributed by atoms with Crippen molar-refractivity contribution >= 4 is 45.3 Å². The molecule has 1 saturated carbocycles. The number of likely N-dealkylation sites (N-methyl/N-ethyl adjacent to an activating group) is 1. The maximum absolute atomic E-state index is 14.1. The van der Waals surface area contributed by atoms with Crippen LogP contribution in [0.4, 0.5) is 15.2 Å². The topological polar surface area (TPSA) is 160 Å². The molecule has 10 nitrogen and oxygen atoms in total. The summed E-state index contributed by atoms with van der Waals surface area (Å²) in [5.74, 6) is -8.27. The maximum Gasteiger partial charge on any atom is 0.187 e. The maximum atomic E-state index is 14.1. The molecule has 1 aromatic heterocycles. The second kappa shape index (κ2) is 10.7. The van der Waals surface area contributed by atoms with Crippen LogP contribution in [0, 0.1) is 23.6 Å². The van der Waals surface area contributed by atoms with E-state index in [1.165, 1.54) is 23.5 Å². The number of fused-ring (bicyclic) bond motifs is 3. The lowest BCUT2D eigenvalue weighted by atomic mass is 9.56. The number of aromatic nitrogens is 1. The second-order valence-corrected chi connectivity index (χ2v) is 12.5. The highest BCUT2D eigenvalue weighted by Crippen LogP contribution is 2.55. The first-order chi connectivity index (χ1) is 20.8. The van der Waals surface area contributed by atoms with Crippen LogP contribution in [0.2, 0.25) is 0 Å². The average molecular weight is 620 g/mol. The van der Waals surface area contributed by atoms with E-state index < -0.39 is 70.3 Å². The van der Waals surface area contributed by atoms with Gasteiger partial charge < -0.3 is 25.7 Å². The van der Waals surface area contributed by atoms with Gasteiger partial charge >= 0.3 is 0 Å². The standard InChI is InChI=1S/C32H30FN3O7S/c1-12-16-9-10-17(34-32-35-18(11-44-32)14-5-7-15(33)8-6-14)26(38)21(16)29(41)23-19(12)27(39)22-24(30(23)42)28(40)20(13(2)37)31(43)25(22)36(3)4/h5-12,19,22,24-25,27,38-39,41,43H,1-4H3,(H,34,35). The van der Waals surface area contributed by atoms with Gasteiger partial charge in [0, 0.05) is 28.4 Å². The normalized spacial score (nSPS) is 26.4. The van der Waals surface area contributed by atoms with Crippen molar-refractivity contribution < 1.29 is 39.2 Å². The molecule has 0 saturated heterocycles. The number of aromatic hydroxyl groups is 1. The number of thiazole rings is 1. The van der Waals surface area contributed by atoms with E-state index in [1.54, 1.807) is 55.6 Å². The fourth-order valence-corrected chi connectivity index (χ4v) is 7.75. The van der Waals surface area contributed by atoms with Gasteiger partial charge in [0.1, 0.15) is 28.7 Å². The van der Waals surface area contributed by atoms with Crippen LogP contribution in [0.15, 0.2) is 58.7 Å². The molecule has 0 bridgehead atoms. The van der Waals surface area contributed by atoms with E-state index in [-0.39, 0.29) is 28.4 Å². The summed E-state index contributed by atoms with van der Waals surface area (Å²) in [7, 11) is 3.23. The fourth-order valence-electron chi connectivity index (χ4n) is 7.02. The molecule has 6 unspecified atom stereocenters. The summed E-state index contributed by atoms with van der Waals surface area (Å²) in [6, 6.07) is 8.13. The number of aliphatic hydroxyl groups is 3. The van der Waals surface area contributed by atoms with Crippen LogP contribution in [0.5, 0.6) is 5.75 Å². The number of carbonyl (C=O) groups excluding carboxylic acids is 3. The summed E-state index contributed by atoms with van der Waals surface area (Å²) in [6.07, 6.45) is -1.36. The third-order valence-corrected chi connectivity index (χ3v) is 9.74. The van der Waals surface area contributed by atoms with Crippen molar-refractivity contribution in [1.82, 2.24) is 9.88 Å². The first kappa shape index (κ1) is 29.7. The second-order valence-electron chi connectivity index (χ2n) is 11.7. The number of hydrogen-bond donors (Lipinski definition) is 5. The summed E-state index contributed by atoms with van der Waals surface area (Å²) >= 11 is 1.24. The number of hydrogen-bond acceptors (Lipinski definition) is 11. The number of anilines is 2. The molecule has 228 valence electrons. The van der Waals surface area contributed by atoms with Gasteiger partial charge in [-0.25, -0.2) is 9.37 Å². The number of allylic oxidation sites excluding steroid dienone is 1. The van der Waals surface area contributed by atoms with E-state index in [0.29, 0.717) is 22.0 Å². The Morgan fingerprint density at radius 3 is 2.36 bits per heavy atom. The molecule has 6 atom stereocenters. The van der Waals surface area contributed by atoms with Gasteiger partial charge in [-0.3, -0.25) is 19.3 Å². The molecule has 0 spiro atoms. The number of nitrogens with zero attached hydrogens (tertiary/aromatic N) is 2. The molecule has 12 heteroatoms. The third kappa shape index (κ3) is 4.35. The number of nitrogens with one attached hydrogen (secondary N) is 1. The van der Waals surface area contributed by atoms with Crippen molar-refractivity contribution in [2.75, 3.05) is 19.4 Å². The lowest BCUT2D eigenvalue weighted by Crippen LogP contribution is -2.61. The zero-order chi connectivity index (χ0) is 31.8. The minimum Gasteiger partial charge on any atom is -0.510 e. The third-order valence-electron chi connectivity index (χ3n) is 8.98. The van der Waals surface area contributed by atoms with Gasteiger partial charge in [0.15, 0.2) is 22.5 Å².